The molecule has 0 aliphatic carbocycles. The molecule has 2 rings (SSSR count). The molecule has 1 heterocycles. The Bertz CT molecular complexity index is 806. The second-order valence-corrected chi connectivity index (χ2v) is 7.47. The van der Waals surface area contributed by atoms with E-state index in [1.165, 1.54) is 5.39 Å². The molecule has 0 radical (unpaired) electrons. The number of para-hydroxylation sites is 1. The third kappa shape index (κ3) is 10.1. The van der Waals surface area contributed by atoms with Crippen molar-refractivity contribution in [1.82, 2.24) is 15.6 Å². The molecule has 0 aliphatic heterocycles. The molecule has 8 nitrogen and oxygen atoms in total. The van der Waals surface area contributed by atoms with Crippen molar-refractivity contribution < 1.29 is 23.9 Å². The van der Waals surface area contributed by atoms with Gasteiger partial charge < -0.3 is 20.4 Å². The first-order valence-corrected chi connectivity index (χ1v) is 9.53. The standard InChI is InChI=1S/C20H29N3O3.CO2.H2S/c1-5-16(23-19(25)26-20(2,3)4)18(24)21-12-8-10-15-13-14-9-6-7-11-17(14)22-15;2-1-3;/h6-7,9,11,13,16,22H,5,8,10,12H2,1-4H3,(H,21,24)(H,23,25);;1H2/t16-;;/m0../s1. The fraction of sp³-hybridized carbons (Fsp3) is 0.476. The van der Waals surface area contributed by atoms with E-state index in [0.29, 0.717) is 13.0 Å². The highest BCUT2D eigenvalue weighted by Crippen LogP contribution is 2.15. The fourth-order valence-corrected chi connectivity index (χ4v) is 2.68. The summed E-state index contributed by atoms with van der Waals surface area (Å²) in [5.41, 5.74) is 1.69. The van der Waals surface area contributed by atoms with Crippen LogP contribution in [0.5, 0.6) is 0 Å². The molecule has 166 valence electrons. The lowest BCUT2D eigenvalue weighted by Crippen LogP contribution is -2.48. The van der Waals surface area contributed by atoms with E-state index in [9.17, 15) is 9.59 Å². The Morgan fingerprint density at radius 2 is 1.83 bits per heavy atom. The van der Waals surface area contributed by atoms with Gasteiger partial charge in [-0.1, -0.05) is 25.1 Å². The third-order valence-electron chi connectivity index (χ3n) is 3.92. The average Bonchev–Trinajstić information content (AvgIpc) is 3.05. The zero-order valence-corrected chi connectivity index (χ0v) is 18.8. The fourth-order valence-electron chi connectivity index (χ4n) is 2.68. The molecule has 9 heteroatoms. The number of H-pyrrole nitrogens is 1. The van der Waals surface area contributed by atoms with Crippen LogP contribution in [0.2, 0.25) is 0 Å². The summed E-state index contributed by atoms with van der Waals surface area (Å²) in [6.45, 7) is 7.78. The summed E-state index contributed by atoms with van der Waals surface area (Å²) in [6, 6.07) is 9.70. The molecule has 2 aromatic rings. The SMILES string of the molecule is CC[C@H](NC(=O)OC(C)(C)C)C(=O)NCCCc1cc2ccccc2[nH]1.O=C=O.S. The lowest BCUT2D eigenvalue weighted by Gasteiger charge is -2.22. The minimum atomic E-state index is -0.585. The number of amides is 2. The molecule has 0 saturated carbocycles. The lowest BCUT2D eigenvalue weighted by molar-refractivity contribution is -0.191. The topological polar surface area (TPSA) is 117 Å². The smallest absolute Gasteiger partial charge is 0.408 e. The zero-order chi connectivity index (χ0) is 21.9. The van der Waals surface area contributed by atoms with Crippen LogP contribution in [0.3, 0.4) is 0 Å². The number of aryl methyl sites for hydroxylation is 1. The number of rotatable bonds is 7. The number of aromatic nitrogens is 1. The van der Waals surface area contributed by atoms with Crippen molar-refractivity contribution in [2.75, 3.05) is 6.54 Å². The van der Waals surface area contributed by atoms with Crippen molar-refractivity contribution in [2.24, 2.45) is 0 Å². The van der Waals surface area contributed by atoms with Gasteiger partial charge in [-0.25, -0.2) is 4.79 Å². The van der Waals surface area contributed by atoms with Crippen LogP contribution in [0.4, 0.5) is 4.79 Å². The zero-order valence-electron chi connectivity index (χ0n) is 17.8. The second-order valence-electron chi connectivity index (χ2n) is 7.47. The molecule has 30 heavy (non-hydrogen) atoms. The monoisotopic (exact) mass is 437 g/mol. The van der Waals surface area contributed by atoms with Gasteiger partial charge in [0, 0.05) is 17.8 Å². The van der Waals surface area contributed by atoms with E-state index in [1.807, 2.05) is 19.1 Å². The van der Waals surface area contributed by atoms with Crippen molar-refractivity contribution in [3.8, 4) is 0 Å². The van der Waals surface area contributed by atoms with E-state index in [1.54, 1.807) is 20.8 Å². The summed E-state index contributed by atoms with van der Waals surface area (Å²) in [4.78, 5) is 43.7. The van der Waals surface area contributed by atoms with Crippen molar-refractivity contribution in [2.45, 2.75) is 58.6 Å². The van der Waals surface area contributed by atoms with Crippen LogP contribution < -0.4 is 10.6 Å². The maximum atomic E-state index is 12.2. The van der Waals surface area contributed by atoms with Crippen molar-refractivity contribution in [3.63, 3.8) is 0 Å². The molecular weight excluding hydrogens is 406 g/mol. The van der Waals surface area contributed by atoms with E-state index >= 15 is 0 Å². The number of aromatic amines is 1. The minimum Gasteiger partial charge on any atom is -0.444 e. The number of nitrogens with one attached hydrogen (secondary N) is 3. The van der Waals surface area contributed by atoms with Crippen LogP contribution in [0.25, 0.3) is 10.9 Å². The Morgan fingerprint density at radius 1 is 1.20 bits per heavy atom. The van der Waals surface area contributed by atoms with Gasteiger partial charge >= 0.3 is 12.2 Å². The molecule has 0 unspecified atom stereocenters. The van der Waals surface area contributed by atoms with Gasteiger partial charge in [0.15, 0.2) is 0 Å². The largest absolute Gasteiger partial charge is 0.444 e. The van der Waals surface area contributed by atoms with E-state index in [4.69, 9.17) is 14.3 Å². The van der Waals surface area contributed by atoms with Gasteiger partial charge in [-0.2, -0.15) is 23.1 Å². The predicted molar refractivity (Wildman–Crippen MR) is 118 cm³/mol. The second kappa shape index (κ2) is 13.5. The molecule has 1 atom stereocenters. The van der Waals surface area contributed by atoms with E-state index in [2.05, 4.69) is 33.8 Å². The lowest BCUT2D eigenvalue weighted by atomic mass is 10.2. The Hall–Kier alpha value is -2.77. The van der Waals surface area contributed by atoms with E-state index in [-0.39, 0.29) is 25.6 Å². The van der Waals surface area contributed by atoms with Gasteiger partial charge in [-0.3, -0.25) is 4.79 Å². The van der Waals surface area contributed by atoms with Crippen LogP contribution in [-0.2, 0) is 25.5 Å². The average molecular weight is 438 g/mol. The highest BCUT2D eigenvalue weighted by molar-refractivity contribution is 7.59. The number of ether oxygens (including phenoxy) is 1. The summed E-state index contributed by atoms with van der Waals surface area (Å²) in [6.07, 6.45) is 1.86. The molecular formula is C21H31N3O5S. The maximum absolute atomic E-state index is 12.2. The number of hydrogen-bond donors (Lipinski definition) is 3. The van der Waals surface area contributed by atoms with E-state index < -0.39 is 17.7 Å². The number of carbonyl (C=O) groups is 2. The third-order valence-corrected chi connectivity index (χ3v) is 3.92. The molecule has 0 saturated heterocycles. The van der Waals surface area contributed by atoms with Gasteiger partial charge in [-0.05, 0) is 57.6 Å². The highest BCUT2D eigenvalue weighted by Gasteiger charge is 2.22. The molecule has 3 N–H and O–H groups in total. The molecule has 0 aliphatic rings. The van der Waals surface area contributed by atoms with Gasteiger partial charge in [0.05, 0.1) is 0 Å². The Kier molecular flexibility index (Phi) is 12.2. The summed E-state index contributed by atoms with van der Waals surface area (Å²) in [7, 11) is 0. The first-order valence-electron chi connectivity index (χ1n) is 9.53. The molecule has 0 bridgehead atoms. The quantitative estimate of drug-likeness (QED) is 0.576. The van der Waals surface area contributed by atoms with Gasteiger partial charge in [0.2, 0.25) is 5.91 Å². The first kappa shape index (κ1) is 27.2. The molecule has 0 fully saturated rings. The molecule has 1 aromatic heterocycles. The van der Waals surface area contributed by atoms with Gasteiger partial charge in [0.1, 0.15) is 11.6 Å². The Balaban J connectivity index is 0.00000198. The van der Waals surface area contributed by atoms with E-state index in [0.717, 1.165) is 24.1 Å². The number of alkyl carbamates (subject to hydrolysis) is 1. The Labute approximate surface area is 183 Å². The number of fused-ring (bicyclic) bond motifs is 1. The highest BCUT2D eigenvalue weighted by atomic mass is 32.1. The summed E-state index contributed by atoms with van der Waals surface area (Å²) in [5, 5.41) is 6.70. The molecule has 2 amide bonds. The van der Waals surface area contributed by atoms with Crippen molar-refractivity contribution in [3.05, 3.63) is 36.0 Å². The number of benzene rings is 1. The normalized spacial score (nSPS) is 11.2. The summed E-state index contributed by atoms with van der Waals surface area (Å²) in [5.74, 6) is -0.185. The van der Waals surface area contributed by atoms with Crippen LogP contribution in [0.15, 0.2) is 30.3 Å². The Morgan fingerprint density at radius 3 is 2.40 bits per heavy atom. The van der Waals surface area contributed by atoms with Crippen LogP contribution in [0.1, 0.15) is 46.2 Å². The number of carbonyl (C=O) groups excluding carboxylic acids is 4. The van der Waals surface area contributed by atoms with Crippen molar-refractivity contribution >= 4 is 42.6 Å². The maximum Gasteiger partial charge on any atom is 0.408 e. The molecule has 0 spiro atoms. The van der Waals surface area contributed by atoms with Gasteiger partial charge in [-0.15, -0.1) is 0 Å². The van der Waals surface area contributed by atoms with Crippen LogP contribution in [-0.4, -0.2) is 41.3 Å². The summed E-state index contributed by atoms with van der Waals surface area (Å²) < 4.78 is 5.20. The summed E-state index contributed by atoms with van der Waals surface area (Å²) >= 11 is 0. The first-order chi connectivity index (χ1) is 13.7. The number of hydrogen-bond acceptors (Lipinski definition) is 5. The van der Waals surface area contributed by atoms with Gasteiger partial charge in [0.25, 0.3) is 0 Å². The molecule has 1 aromatic carbocycles. The minimum absolute atomic E-state index is 0. The predicted octanol–water partition coefficient (Wildman–Crippen LogP) is 3.05. The van der Waals surface area contributed by atoms with Crippen LogP contribution >= 0.6 is 13.5 Å². The van der Waals surface area contributed by atoms with Crippen molar-refractivity contribution in [1.29, 1.82) is 0 Å². The van der Waals surface area contributed by atoms with Crippen LogP contribution in [0, 0.1) is 0 Å².